The van der Waals surface area contributed by atoms with Crippen LogP contribution in [0.1, 0.15) is 73.1 Å². The van der Waals surface area contributed by atoms with Crippen molar-refractivity contribution in [3.8, 4) is 23.0 Å². The van der Waals surface area contributed by atoms with Crippen molar-refractivity contribution in [1.29, 1.82) is 0 Å². The van der Waals surface area contributed by atoms with Gasteiger partial charge in [-0.1, -0.05) is 72.6 Å². The van der Waals surface area contributed by atoms with Crippen LogP contribution in [0.3, 0.4) is 0 Å². The summed E-state index contributed by atoms with van der Waals surface area (Å²) in [4.78, 5) is 59.7. The number of nitrogens with one attached hydrogen (secondary N) is 1. The molecule has 82 heavy (non-hydrogen) atoms. The number of aliphatic hydroxyl groups excluding tert-OH is 2. The molecule has 0 spiro atoms. The minimum Gasteiger partial charge on any atom is -0.497 e. The van der Waals surface area contributed by atoms with Gasteiger partial charge in [-0.2, -0.15) is 0 Å². The molecule has 426 valence electrons. The smallest absolute Gasteiger partial charge is 0.417 e. The minimum atomic E-state index is -1.70. The molecule has 2 aliphatic carbocycles. The molecule has 0 radical (unpaired) electrons. The summed E-state index contributed by atoms with van der Waals surface area (Å²) in [5.41, 5.74) is 4.06. The monoisotopic (exact) mass is 1120 g/mol. The molecule has 0 aromatic heterocycles. The second kappa shape index (κ2) is 26.6. The number of amides is 2. The molecular weight excluding hydrogens is 1050 g/mol. The van der Waals surface area contributed by atoms with E-state index in [2.05, 4.69) is 18.0 Å². The molecule has 0 saturated heterocycles. The normalized spacial score (nSPS) is 20.2. The van der Waals surface area contributed by atoms with E-state index < -0.39 is 45.5 Å². The maximum absolute atomic E-state index is 15.6. The Hall–Kier alpha value is -8.91. The Kier molecular flexibility index (Phi) is 18.7. The van der Waals surface area contributed by atoms with Gasteiger partial charge in [0.15, 0.2) is 0 Å². The highest BCUT2D eigenvalue weighted by Crippen LogP contribution is 2.62. The van der Waals surface area contributed by atoms with Gasteiger partial charge in [-0.15, -0.1) is 6.58 Å². The number of oxime groups is 1. The third-order valence-electron chi connectivity index (χ3n) is 15.5. The lowest BCUT2D eigenvalue weighted by molar-refractivity contribution is -0.385. The van der Waals surface area contributed by atoms with Gasteiger partial charge in [0.05, 0.1) is 48.0 Å². The van der Waals surface area contributed by atoms with Crippen LogP contribution < -0.4 is 24.3 Å². The first kappa shape index (κ1) is 57.8. The molecule has 19 nitrogen and oxygen atoms in total. The van der Waals surface area contributed by atoms with Crippen molar-refractivity contribution in [3.63, 3.8) is 0 Å². The number of anilines is 1. The van der Waals surface area contributed by atoms with Crippen LogP contribution in [0.25, 0.3) is 16.8 Å². The molecule has 3 aliphatic rings. The molecule has 1 aliphatic heterocycles. The van der Waals surface area contributed by atoms with Gasteiger partial charge < -0.3 is 43.6 Å². The number of hydrogen-bond acceptors (Lipinski definition) is 15. The third kappa shape index (κ3) is 12.8. The highest BCUT2D eigenvalue weighted by Gasteiger charge is 2.65. The predicted molar refractivity (Wildman–Crippen MR) is 309 cm³/mol. The average Bonchev–Trinajstić information content (AvgIpc) is 1.28. The number of rotatable bonds is 25. The zero-order valence-corrected chi connectivity index (χ0v) is 45.6. The predicted octanol–water partition coefficient (Wildman–Crippen LogP) is 11.9. The Balaban J connectivity index is 1.24. The van der Waals surface area contributed by atoms with Gasteiger partial charge in [0, 0.05) is 74.1 Å². The van der Waals surface area contributed by atoms with Crippen molar-refractivity contribution in [2.45, 2.75) is 75.8 Å². The summed E-state index contributed by atoms with van der Waals surface area (Å²) in [5.74, 6) is -2.26. The molecule has 6 atom stereocenters. The number of carbonyl (C=O) groups is 2. The first-order valence-electron chi connectivity index (χ1n) is 27.2. The first-order chi connectivity index (χ1) is 39.9. The summed E-state index contributed by atoms with van der Waals surface area (Å²) in [6.07, 6.45) is 9.77. The van der Waals surface area contributed by atoms with Crippen LogP contribution in [0.5, 0.6) is 23.0 Å². The Morgan fingerprint density at radius 3 is 2.26 bits per heavy atom. The van der Waals surface area contributed by atoms with E-state index in [4.69, 9.17) is 33.7 Å². The average molecular weight is 1120 g/mol. The van der Waals surface area contributed by atoms with Crippen LogP contribution in [0.15, 0.2) is 163 Å². The molecule has 3 N–H and O–H groups in total. The van der Waals surface area contributed by atoms with Gasteiger partial charge in [-0.25, -0.2) is 4.79 Å². The molecule has 1 fully saturated rings. The van der Waals surface area contributed by atoms with Gasteiger partial charge in [-0.05, 0) is 131 Å². The van der Waals surface area contributed by atoms with E-state index in [-0.39, 0.29) is 68.4 Å². The van der Waals surface area contributed by atoms with E-state index in [0.717, 1.165) is 21.9 Å². The number of non-ortho nitro benzene ring substituents is 2. The number of nitrogens with zero attached hydrogens (tertiary/aromatic N) is 4. The molecule has 1 saturated carbocycles. The summed E-state index contributed by atoms with van der Waals surface area (Å²) in [7, 11) is 3.00. The molecule has 6 aromatic rings. The fourth-order valence-corrected chi connectivity index (χ4v) is 11.7. The van der Waals surface area contributed by atoms with E-state index in [0.29, 0.717) is 83.9 Å². The number of methoxy groups -OCH3 is 2. The number of fused-ring (bicyclic) bond motifs is 3. The summed E-state index contributed by atoms with van der Waals surface area (Å²) < 4.78 is 31.7. The lowest BCUT2D eigenvalue weighted by atomic mass is 9.55. The van der Waals surface area contributed by atoms with Crippen molar-refractivity contribution >= 4 is 51.6 Å². The number of aliphatic hydroxyl groups is 2. The Morgan fingerprint density at radius 2 is 1.55 bits per heavy atom. The van der Waals surface area contributed by atoms with Crippen LogP contribution in [0.2, 0.25) is 0 Å². The summed E-state index contributed by atoms with van der Waals surface area (Å²) in [6, 6.07) is 34.8. The summed E-state index contributed by atoms with van der Waals surface area (Å²) in [6.45, 7) is 4.00. The zero-order valence-electron chi connectivity index (χ0n) is 45.6. The fourth-order valence-electron chi connectivity index (χ4n) is 11.7. The number of hydrogen-bond donors (Lipinski definition) is 3. The van der Waals surface area contributed by atoms with E-state index in [9.17, 15) is 35.2 Å². The number of ether oxygens (including phenoxy) is 5. The SMILES string of the molecule is C=CCOC12Oc3ccc(OC(=O)Nc4ccc(OC)cc4OC)cc3C3C(CCCCO)C(CCCCO)C=C(C(=NOCc4ccc([N+](=O)[O-])cc4)CC1N(Cc1cccc4ccccc14)C(=O)C=Cc1ccc([N+](=O)[O-])cc1)C32. The molecule has 6 unspecified atom stereocenters. The topological polar surface area (TPSA) is 244 Å². The summed E-state index contributed by atoms with van der Waals surface area (Å²) in [5, 5.41) is 53.0. The number of nitro benzene ring substituents is 2. The fraction of sp³-hybridized carbons (Fsp3) is 0.317. The largest absolute Gasteiger partial charge is 0.497 e. The van der Waals surface area contributed by atoms with E-state index in [1.54, 1.807) is 77.7 Å². The number of unbranched alkanes of at least 4 members (excludes halogenated alkanes) is 2. The number of benzene rings is 6. The zero-order chi connectivity index (χ0) is 57.8. The van der Waals surface area contributed by atoms with Gasteiger partial charge in [0.25, 0.3) is 11.4 Å². The van der Waals surface area contributed by atoms with Crippen LogP contribution in [-0.2, 0) is 27.5 Å². The lowest BCUT2D eigenvalue weighted by Crippen LogP contribution is -2.70. The molecule has 6 aromatic carbocycles. The van der Waals surface area contributed by atoms with Crippen molar-refractivity contribution < 1.29 is 58.2 Å². The molecule has 2 amide bonds. The first-order valence-corrected chi connectivity index (χ1v) is 27.2. The highest BCUT2D eigenvalue weighted by atomic mass is 16.7. The molecular formula is C63H65N5O14. The molecule has 9 rings (SSSR count). The Bertz CT molecular complexity index is 3380. The third-order valence-corrected chi connectivity index (χ3v) is 15.5. The number of carbonyl (C=O) groups excluding carboxylic acids is 2. The van der Waals surface area contributed by atoms with Crippen LogP contribution in [0.4, 0.5) is 21.9 Å². The van der Waals surface area contributed by atoms with Crippen LogP contribution in [-0.4, -0.2) is 88.5 Å². The van der Waals surface area contributed by atoms with E-state index >= 15 is 4.79 Å². The summed E-state index contributed by atoms with van der Waals surface area (Å²) >= 11 is 0. The second-order valence-corrected chi connectivity index (χ2v) is 20.3. The molecule has 1 heterocycles. The van der Waals surface area contributed by atoms with E-state index in [1.165, 1.54) is 44.6 Å². The minimum absolute atomic E-state index is 0.00502. The second-order valence-electron chi connectivity index (χ2n) is 20.3. The lowest BCUT2D eigenvalue weighted by Gasteiger charge is -2.60. The van der Waals surface area contributed by atoms with Crippen LogP contribution >= 0.6 is 0 Å². The van der Waals surface area contributed by atoms with Gasteiger partial charge in [0.1, 0.15) is 35.6 Å². The van der Waals surface area contributed by atoms with Crippen molar-refractivity contribution in [1.82, 2.24) is 4.90 Å². The number of nitro groups is 2. The van der Waals surface area contributed by atoms with Crippen molar-refractivity contribution in [2.75, 3.05) is 39.4 Å². The number of allylic oxidation sites excluding steroid dienone is 1. The highest BCUT2D eigenvalue weighted by molar-refractivity contribution is 6.03. The van der Waals surface area contributed by atoms with E-state index in [1.807, 2.05) is 42.5 Å². The maximum Gasteiger partial charge on any atom is 0.417 e. The van der Waals surface area contributed by atoms with Crippen molar-refractivity contribution in [3.05, 3.63) is 200 Å². The molecule has 19 heteroatoms. The molecule has 0 bridgehead atoms. The van der Waals surface area contributed by atoms with Crippen molar-refractivity contribution in [2.24, 2.45) is 22.9 Å². The Morgan fingerprint density at radius 1 is 0.841 bits per heavy atom. The Labute approximate surface area is 474 Å². The van der Waals surface area contributed by atoms with Gasteiger partial charge in [0.2, 0.25) is 11.7 Å². The van der Waals surface area contributed by atoms with Gasteiger partial charge in [-0.3, -0.25) is 30.3 Å². The van der Waals surface area contributed by atoms with Crippen LogP contribution in [0, 0.1) is 38.0 Å². The standard InChI is InChI=1S/C63H65N5O14/c1-4-34-79-63-58(66(39-45-15-11-14-43-12-5-6-16-50(43)45)59(71)31-22-41-18-23-46(24-19-41)67(73)74)38-55(65-80-40-42-20-25-47(26-21-42)68(75)76)52-35-44(13-7-9-32-69)51(17-8-10-33-70)60(61(52)63)53-36-49(28-30-56(53)82-63)81-62(72)64-54-29-27-48(77-2)37-57(54)78-3/h4-6,11-12,14-16,18-31,35-37,44,51,58,60-61,69-70H,1,7-10,13,17,32-34,38-40H2,2-3H3,(H,64,72). The quantitative estimate of drug-likeness (QED) is 0.0159. The maximum atomic E-state index is 15.6. The van der Waals surface area contributed by atoms with Gasteiger partial charge >= 0.3 is 6.09 Å².